The molecule has 2 aliphatic heterocycles. The van der Waals surface area contributed by atoms with Crippen LogP contribution in [0.25, 0.3) is 0 Å². The van der Waals surface area contributed by atoms with Gasteiger partial charge in [0.25, 0.3) is 0 Å². The predicted molar refractivity (Wildman–Crippen MR) is 107 cm³/mol. The van der Waals surface area contributed by atoms with Gasteiger partial charge in [0.15, 0.2) is 5.17 Å². The van der Waals surface area contributed by atoms with Gasteiger partial charge >= 0.3 is 6.03 Å². The van der Waals surface area contributed by atoms with Crippen molar-refractivity contribution in [2.24, 2.45) is 4.99 Å². The Hall–Kier alpha value is -1.37. The lowest BCUT2D eigenvalue weighted by atomic mass is 10.3. The third-order valence-electron chi connectivity index (χ3n) is 3.98. The summed E-state index contributed by atoms with van der Waals surface area (Å²) >= 11 is 13.5. The molecule has 1 saturated heterocycles. The Balaban J connectivity index is 1.51. The average molecular weight is 399 g/mol. The third-order valence-corrected chi connectivity index (χ3v) is 5.69. The van der Waals surface area contributed by atoms with Crippen molar-refractivity contribution >= 4 is 51.8 Å². The molecule has 0 saturated carbocycles. The number of carbonyl (C=O) groups excluding carboxylic acids is 1. The number of benzene rings is 1. The van der Waals surface area contributed by atoms with Crippen LogP contribution in [0.1, 0.15) is 12.8 Å². The molecule has 25 heavy (non-hydrogen) atoms. The van der Waals surface area contributed by atoms with E-state index >= 15 is 0 Å². The zero-order valence-corrected chi connectivity index (χ0v) is 16.1. The fourth-order valence-corrected chi connectivity index (χ4v) is 3.85. The topological polar surface area (TPSA) is 47.9 Å². The van der Waals surface area contributed by atoms with Crippen molar-refractivity contribution in [2.45, 2.75) is 12.8 Å². The van der Waals surface area contributed by atoms with Crippen LogP contribution < -0.4 is 5.32 Å². The van der Waals surface area contributed by atoms with Gasteiger partial charge in [-0.3, -0.25) is 9.89 Å². The van der Waals surface area contributed by atoms with Gasteiger partial charge in [0.2, 0.25) is 0 Å². The van der Waals surface area contributed by atoms with Crippen molar-refractivity contribution in [3.05, 3.63) is 40.5 Å². The molecule has 2 aliphatic rings. The summed E-state index contributed by atoms with van der Waals surface area (Å²) in [5.41, 5.74) is 0.615. The van der Waals surface area contributed by atoms with E-state index in [1.807, 2.05) is 0 Å². The molecule has 3 rings (SSSR count). The lowest BCUT2D eigenvalue weighted by Gasteiger charge is -2.18. The van der Waals surface area contributed by atoms with Gasteiger partial charge in [0, 0.05) is 31.1 Å². The van der Waals surface area contributed by atoms with E-state index in [0.29, 0.717) is 28.8 Å². The Morgan fingerprint density at radius 1 is 1.24 bits per heavy atom. The number of anilines is 1. The molecule has 1 fully saturated rings. The number of thioether (sulfide) groups is 1. The molecular formula is C17H20Cl2N4OS. The minimum absolute atomic E-state index is 0.203. The second-order valence-corrected chi connectivity index (χ2v) is 7.62. The second kappa shape index (κ2) is 8.83. The van der Waals surface area contributed by atoms with Crippen LogP contribution in [0, 0.1) is 0 Å². The average Bonchev–Trinajstić information content (AvgIpc) is 3.26. The summed E-state index contributed by atoms with van der Waals surface area (Å²) in [6, 6.07) is 4.83. The number of aliphatic imine (C=N–C) groups is 1. The normalized spacial score (nSPS) is 17.4. The first-order valence-electron chi connectivity index (χ1n) is 8.25. The van der Waals surface area contributed by atoms with Gasteiger partial charge in [-0.15, -0.1) is 0 Å². The van der Waals surface area contributed by atoms with E-state index in [2.05, 4.69) is 27.5 Å². The van der Waals surface area contributed by atoms with Crippen molar-refractivity contribution in [3.8, 4) is 0 Å². The van der Waals surface area contributed by atoms with E-state index in [0.717, 1.165) is 24.0 Å². The van der Waals surface area contributed by atoms with Gasteiger partial charge in [0.05, 0.1) is 16.6 Å². The molecule has 0 aliphatic carbocycles. The molecule has 2 amide bonds. The maximum Gasteiger partial charge on any atom is 0.327 e. The van der Waals surface area contributed by atoms with Crippen molar-refractivity contribution < 1.29 is 4.79 Å². The van der Waals surface area contributed by atoms with Gasteiger partial charge < -0.3 is 10.2 Å². The summed E-state index contributed by atoms with van der Waals surface area (Å²) in [6.07, 6.45) is 6.82. The highest BCUT2D eigenvalue weighted by molar-refractivity contribution is 8.13. The largest absolute Gasteiger partial charge is 0.378 e. The molecule has 5 nitrogen and oxygen atoms in total. The molecule has 0 aromatic heterocycles. The van der Waals surface area contributed by atoms with Crippen LogP contribution >= 0.6 is 35.0 Å². The number of hydrogen-bond acceptors (Lipinski definition) is 4. The van der Waals surface area contributed by atoms with Gasteiger partial charge in [-0.2, -0.15) is 0 Å². The highest BCUT2D eigenvalue weighted by atomic mass is 35.5. The number of carbonyl (C=O) groups is 1. The monoisotopic (exact) mass is 398 g/mol. The van der Waals surface area contributed by atoms with Crippen LogP contribution in [0.3, 0.4) is 0 Å². The number of rotatable bonds is 4. The number of nitrogens with zero attached hydrogens (tertiary/aromatic N) is 3. The van der Waals surface area contributed by atoms with Crippen LogP contribution in [0.4, 0.5) is 10.5 Å². The quantitative estimate of drug-likeness (QED) is 0.809. The van der Waals surface area contributed by atoms with Crippen LogP contribution in [-0.2, 0) is 0 Å². The Morgan fingerprint density at radius 3 is 2.80 bits per heavy atom. The number of hydrogen-bond donors (Lipinski definition) is 1. The molecule has 1 N–H and O–H groups in total. The summed E-state index contributed by atoms with van der Waals surface area (Å²) in [4.78, 5) is 20.9. The van der Waals surface area contributed by atoms with Crippen LogP contribution in [0.15, 0.2) is 35.5 Å². The Morgan fingerprint density at radius 2 is 2.04 bits per heavy atom. The molecule has 0 radical (unpaired) electrons. The molecular weight excluding hydrogens is 379 g/mol. The number of likely N-dealkylation sites (tertiary alicyclic amines) is 1. The first kappa shape index (κ1) is 18.4. The number of amidine groups is 1. The fourth-order valence-electron chi connectivity index (χ4n) is 2.71. The minimum atomic E-state index is -0.203. The smallest absolute Gasteiger partial charge is 0.327 e. The second-order valence-electron chi connectivity index (χ2n) is 5.81. The van der Waals surface area contributed by atoms with Crippen LogP contribution in [0.2, 0.25) is 10.0 Å². The van der Waals surface area contributed by atoms with Crippen molar-refractivity contribution in [1.29, 1.82) is 0 Å². The number of nitrogens with one attached hydrogen (secondary N) is 1. The number of amides is 2. The summed E-state index contributed by atoms with van der Waals surface area (Å²) < 4.78 is 0. The van der Waals surface area contributed by atoms with Gasteiger partial charge in [-0.05, 0) is 37.2 Å². The Kier molecular flexibility index (Phi) is 6.51. The fraction of sp³-hybridized carbons (Fsp3) is 0.412. The number of urea groups is 1. The molecule has 0 spiro atoms. The molecule has 8 heteroatoms. The maximum atomic E-state index is 12.5. The highest BCUT2D eigenvalue weighted by Crippen LogP contribution is 2.25. The van der Waals surface area contributed by atoms with E-state index in [-0.39, 0.29) is 6.03 Å². The van der Waals surface area contributed by atoms with Gasteiger partial charge in [-0.1, -0.05) is 41.0 Å². The maximum absolute atomic E-state index is 12.5. The minimum Gasteiger partial charge on any atom is -0.378 e. The zero-order chi connectivity index (χ0) is 17.6. The molecule has 0 unspecified atom stereocenters. The molecule has 0 bridgehead atoms. The van der Waals surface area contributed by atoms with Crippen molar-refractivity contribution in [3.63, 3.8) is 0 Å². The van der Waals surface area contributed by atoms with Gasteiger partial charge in [-0.25, -0.2) is 4.79 Å². The van der Waals surface area contributed by atoms with E-state index < -0.39 is 0 Å². The Labute approximate surface area is 162 Å². The van der Waals surface area contributed by atoms with E-state index in [9.17, 15) is 4.79 Å². The van der Waals surface area contributed by atoms with E-state index in [1.165, 1.54) is 12.8 Å². The summed E-state index contributed by atoms with van der Waals surface area (Å²) in [5, 5.41) is 4.47. The molecule has 2 heterocycles. The number of halogens is 2. The molecule has 0 atom stereocenters. The Bertz CT molecular complexity index is 689. The predicted octanol–water partition coefficient (Wildman–Crippen LogP) is 4.54. The van der Waals surface area contributed by atoms with E-state index in [1.54, 1.807) is 34.9 Å². The van der Waals surface area contributed by atoms with E-state index in [4.69, 9.17) is 23.2 Å². The van der Waals surface area contributed by atoms with Crippen LogP contribution in [-0.4, -0.2) is 52.9 Å². The zero-order valence-electron chi connectivity index (χ0n) is 13.8. The molecule has 1 aromatic rings. The lowest BCUT2D eigenvalue weighted by Crippen LogP contribution is -2.36. The summed E-state index contributed by atoms with van der Waals surface area (Å²) in [6.45, 7) is 3.50. The standard InChI is InChI=1S/C17H20Cl2N4OS/c18-14-5-4-13(12-15(14)19)21-16(24)23-10-6-20-17(23)25-11-3-9-22-7-1-2-8-22/h3-5,9,12H,1-2,6-8,10-11H2,(H,21,24)/b9-3+. The van der Waals surface area contributed by atoms with Crippen LogP contribution in [0.5, 0.6) is 0 Å². The molecule has 1 aromatic carbocycles. The third kappa shape index (κ3) is 5.06. The first-order chi connectivity index (χ1) is 12.1. The van der Waals surface area contributed by atoms with Crippen molar-refractivity contribution in [1.82, 2.24) is 9.80 Å². The summed E-state index contributed by atoms with van der Waals surface area (Å²) in [7, 11) is 0. The SMILES string of the molecule is O=C(Nc1ccc(Cl)c(Cl)c1)N1CCN=C1SC/C=C/N1CCCC1. The molecule has 134 valence electrons. The van der Waals surface area contributed by atoms with Gasteiger partial charge in [0.1, 0.15) is 0 Å². The highest BCUT2D eigenvalue weighted by Gasteiger charge is 2.24. The summed E-state index contributed by atoms with van der Waals surface area (Å²) in [5.74, 6) is 0.798. The van der Waals surface area contributed by atoms with Crippen molar-refractivity contribution in [2.75, 3.05) is 37.2 Å². The lowest BCUT2D eigenvalue weighted by molar-refractivity contribution is 0.237. The first-order valence-corrected chi connectivity index (χ1v) is 9.99.